The Morgan fingerprint density at radius 2 is 1.50 bits per heavy atom. The normalized spacial score (nSPS) is 15.9. The summed E-state index contributed by atoms with van der Waals surface area (Å²) < 4.78 is 16.5. The van der Waals surface area contributed by atoms with Crippen molar-refractivity contribution in [2.45, 2.75) is 18.9 Å². The van der Waals surface area contributed by atoms with Gasteiger partial charge < -0.3 is 40.0 Å². The number of amides is 1. The first-order chi connectivity index (χ1) is 23.4. The van der Waals surface area contributed by atoms with E-state index in [2.05, 4.69) is 48.7 Å². The van der Waals surface area contributed by atoms with Gasteiger partial charge in [0.2, 0.25) is 5.95 Å². The van der Waals surface area contributed by atoms with E-state index in [-0.39, 0.29) is 5.91 Å². The number of likely N-dealkylation sites (N-methyl/N-ethyl adjacent to an activating group) is 1. The first-order valence-electron chi connectivity index (χ1n) is 16.3. The summed E-state index contributed by atoms with van der Waals surface area (Å²) in [6.45, 7) is 6.58. The number of para-hydroxylation sites is 1. The smallest absolute Gasteiger partial charge is 0.256 e. The second-order valence-electron chi connectivity index (χ2n) is 12.1. The van der Waals surface area contributed by atoms with Crippen molar-refractivity contribution in [3.05, 3.63) is 78.5 Å². The van der Waals surface area contributed by atoms with Crippen LogP contribution in [0.15, 0.2) is 72.9 Å². The van der Waals surface area contributed by atoms with Crippen LogP contribution in [0.25, 0.3) is 0 Å². The molecule has 6 rings (SSSR count). The highest BCUT2D eigenvalue weighted by molar-refractivity contribution is 6.06. The number of hydrogen-bond donors (Lipinski definition) is 3. The molecule has 2 aliphatic heterocycles. The number of methoxy groups -OCH3 is 3. The van der Waals surface area contributed by atoms with Gasteiger partial charge in [0.25, 0.3) is 5.91 Å². The van der Waals surface area contributed by atoms with Gasteiger partial charge >= 0.3 is 0 Å². The average Bonchev–Trinajstić information content (AvgIpc) is 3.13. The molecule has 3 N–H and O–H groups in total. The van der Waals surface area contributed by atoms with Gasteiger partial charge in [0.15, 0.2) is 5.82 Å². The molecule has 0 saturated carbocycles. The van der Waals surface area contributed by atoms with Crippen molar-refractivity contribution in [2.75, 3.05) is 88.5 Å². The molecule has 0 spiro atoms. The molecule has 12 heteroatoms. The predicted molar refractivity (Wildman–Crippen MR) is 190 cm³/mol. The maximum absolute atomic E-state index is 13.3. The SMILES string of the molecule is COc1cc(OC)cc(C(=O)Nc2cnc(Nc3ccc(N4CCC(N5CCN(C)CC5)CC4)c(OC)c3)nc2Nc2ccccc2)c1. The quantitative estimate of drug-likeness (QED) is 0.192. The number of benzene rings is 3. The Kier molecular flexibility index (Phi) is 10.4. The maximum Gasteiger partial charge on any atom is 0.256 e. The molecular weight excluding hydrogens is 608 g/mol. The summed E-state index contributed by atoms with van der Waals surface area (Å²) in [7, 11) is 6.99. The second-order valence-corrected chi connectivity index (χ2v) is 12.1. The minimum absolute atomic E-state index is 0.359. The number of piperidine rings is 1. The van der Waals surface area contributed by atoms with E-state index in [1.807, 2.05) is 42.5 Å². The van der Waals surface area contributed by atoms with Crippen molar-refractivity contribution in [3.8, 4) is 17.2 Å². The highest BCUT2D eigenvalue weighted by atomic mass is 16.5. The maximum atomic E-state index is 13.3. The molecule has 12 nitrogen and oxygen atoms in total. The van der Waals surface area contributed by atoms with Crippen LogP contribution in [-0.2, 0) is 0 Å². The first kappa shape index (κ1) is 32.9. The van der Waals surface area contributed by atoms with E-state index in [0.29, 0.717) is 40.6 Å². The van der Waals surface area contributed by atoms with Gasteiger partial charge in [0.05, 0.1) is 33.2 Å². The van der Waals surface area contributed by atoms with Crippen molar-refractivity contribution in [2.24, 2.45) is 0 Å². The summed E-state index contributed by atoms with van der Waals surface area (Å²) in [4.78, 5) is 30.1. The van der Waals surface area contributed by atoms with Gasteiger partial charge in [0.1, 0.15) is 22.9 Å². The van der Waals surface area contributed by atoms with Crippen molar-refractivity contribution in [1.29, 1.82) is 0 Å². The molecule has 2 aliphatic rings. The fourth-order valence-electron chi connectivity index (χ4n) is 6.22. The zero-order chi connectivity index (χ0) is 33.5. The van der Waals surface area contributed by atoms with Gasteiger partial charge in [0, 0.05) is 74.4 Å². The van der Waals surface area contributed by atoms with E-state index >= 15 is 0 Å². The van der Waals surface area contributed by atoms with Crippen molar-refractivity contribution < 1.29 is 19.0 Å². The lowest BCUT2D eigenvalue weighted by Gasteiger charge is -2.42. The van der Waals surface area contributed by atoms with Gasteiger partial charge in [-0.3, -0.25) is 9.69 Å². The lowest BCUT2D eigenvalue weighted by molar-refractivity contribution is 0.0981. The van der Waals surface area contributed by atoms with Crippen LogP contribution in [0.4, 0.5) is 34.5 Å². The molecule has 0 radical (unpaired) electrons. The minimum atomic E-state index is -0.361. The Morgan fingerprint density at radius 3 is 2.17 bits per heavy atom. The number of anilines is 6. The number of carbonyl (C=O) groups excluding carboxylic acids is 1. The molecule has 3 heterocycles. The van der Waals surface area contributed by atoms with E-state index in [9.17, 15) is 4.79 Å². The van der Waals surface area contributed by atoms with Crippen molar-refractivity contribution in [3.63, 3.8) is 0 Å². The first-order valence-corrected chi connectivity index (χ1v) is 16.3. The Balaban J connectivity index is 1.18. The Morgan fingerprint density at radius 1 is 0.792 bits per heavy atom. The van der Waals surface area contributed by atoms with Crippen molar-refractivity contribution >= 4 is 40.4 Å². The summed E-state index contributed by atoms with van der Waals surface area (Å²) in [6.07, 6.45) is 3.87. The number of nitrogens with one attached hydrogen (secondary N) is 3. The molecule has 3 aromatic carbocycles. The molecule has 0 unspecified atom stereocenters. The lowest BCUT2D eigenvalue weighted by atomic mass is 10.0. The third-order valence-corrected chi connectivity index (χ3v) is 8.98. The molecule has 48 heavy (non-hydrogen) atoms. The largest absolute Gasteiger partial charge is 0.497 e. The van der Waals surface area contributed by atoms with E-state index < -0.39 is 0 Å². The van der Waals surface area contributed by atoms with Crippen LogP contribution in [0.2, 0.25) is 0 Å². The molecule has 0 aliphatic carbocycles. The summed E-state index contributed by atoms with van der Waals surface area (Å²) in [5.41, 5.74) is 3.45. The van der Waals surface area contributed by atoms with E-state index in [0.717, 1.165) is 74.9 Å². The van der Waals surface area contributed by atoms with Gasteiger partial charge in [-0.05, 0) is 56.3 Å². The average molecular weight is 653 g/mol. The summed E-state index contributed by atoms with van der Waals surface area (Å²) in [5, 5.41) is 9.56. The van der Waals surface area contributed by atoms with Crippen LogP contribution in [0.3, 0.4) is 0 Å². The monoisotopic (exact) mass is 652 g/mol. The van der Waals surface area contributed by atoms with Crippen LogP contribution in [0.5, 0.6) is 17.2 Å². The molecule has 1 aromatic heterocycles. The van der Waals surface area contributed by atoms with Crippen LogP contribution >= 0.6 is 0 Å². The highest BCUT2D eigenvalue weighted by Crippen LogP contribution is 2.35. The number of aromatic nitrogens is 2. The molecule has 0 bridgehead atoms. The highest BCUT2D eigenvalue weighted by Gasteiger charge is 2.28. The molecule has 4 aromatic rings. The molecular formula is C36H44N8O4. The number of rotatable bonds is 11. The van der Waals surface area contributed by atoms with E-state index in [1.54, 1.807) is 45.7 Å². The number of nitrogens with zero attached hydrogens (tertiary/aromatic N) is 5. The van der Waals surface area contributed by atoms with Crippen LogP contribution < -0.4 is 35.1 Å². The third-order valence-electron chi connectivity index (χ3n) is 8.98. The Hall–Kier alpha value is -5.07. The van der Waals surface area contributed by atoms with E-state index in [4.69, 9.17) is 19.2 Å². The molecule has 1 amide bonds. The third kappa shape index (κ3) is 7.89. The number of carbonyl (C=O) groups is 1. The Bertz CT molecular complexity index is 1670. The zero-order valence-electron chi connectivity index (χ0n) is 28.0. The number of piperazine rings is 1. The Labute approximate surface area is 282 Å². The fourth-order valence-corrected chi connectivity index (χ4v) is 6.22. The second kappa shape index (κ2) is 15.2. The molecule has 252 valence electrons. The van der Waals surface area contributed by atoms with Crippen LogP contribution in [0, 0.1) is 0 Å². The van der Waals surface area contributed by atoms with Gasteiger partial charge in [-0.15, -0.1) is 0 Å². The number of ether oxygens (including phenoxy) is 3. The van der Waals surface area contributed by atoms with Gasteiger partial charge in [-0.25, -0.2) is 4.98 Å². The molecule has 2 saturated heterocycles. The number of hydrogen-bond acceptors (Lipinski definition) is 11. The lowest BCUT2D eigenvalue weighted by Crippen LogP contribution is -2.52. The molecule has 2 fully saturated rings. The van der Waals surface area contributed by atoms with Crippen LogP contribution in [-0.4, -0.2) is 99.4 Å². The fraction of sp³-hybridized carbons (Fsp3) is 0.361. The van der Waals surface area contributed by atoms with E-state index in [1.165, 1.54) is 0 Å². The summed E-state index contributed by atoms with van der Waals surface area (Å²) in [6, 6.07) is 21.4. The molecule has 0 atom stereocenters. The zero-order valence-corrected chi connectivity index (χ0v) is 28.0. The van der Waals surface area contributed by atoms with Gasteiger partial charge in [-0.2, -0.15) is 4.98 Å². The summed E-state index contributed by atoms with van der Waals surface area (Å²) >= 11 is 0. The van der Waals surface area contributed by atoms with Crippen LogP contribution in [0.1, 0.15) is 23.2 Å². The summed E-state index contributed by atoms with van der Waals surface area (Å²) in [5.74, 6) is 2.23. The standard InChI is InChI=1S/C36H44N8O4/c1-42-16-18-43(19-17-42)28-12-14-44(15-13-28)32-11-10-27(22-33(32)48-4)39-36-37-24-31(34(41-36)38-26-8-6-5-7-9-26)40-35(45)25-20-29(46-2)23-30(21-25)47-3/h5-11,20-24,28H,12-19H2,1-4H3,(H,40,45)(H2,37,38,39,41). The topological polar surface area (TPSA) is 116 Å². The predicted octanol–water partition coefficient (Wildman–Crippen LogP) is 5.46. The van der Waals surface area contributed by atoms with Crippen molar-refractivity contribution in [1.82, 2.24) is 19.8 Å². The minimum Gasteiger partial charge on any atom is -0.497 e. The van der Waals surface area contributed by atoms with Gasteiger partial charge in [-0.1, -0.05) is 18.2 Å².